The Hall–Kier alpha value is -1.94. The van der Waals surface area contributed by atoms with Crippen molar-refractivity contribution in [3.05, 3.63) is 0 Å². The van der Waals surface area contributed by atoms with Crippen molar-refractivity contribution in [1.82, 2.24) is 0 Å². The van der Waals surface area contributed by atoms with Gasteiger partial charge in [-0.3, -0.25) is 37.3 Å². The quantitative estimate of drug-likeness (QED) is 0.0222. The molecule has 5 atom stereocenters. The summed E-state index contributed by atoms with van der Waals surface area (Å²) in [6.07, 6.45) is 54.5. The van der Waals surface area contributed by atoms with Crippen molar-refractivity contribution in [2.45, 2.75) is 407 Å². The number of carbonyl (C=O) groups is 4. The van der Waals surface area contributed by atoms with Gasteiger partial charge in [0.25, 0.3) is 0 Å². The Balaban J connectivity index is 5.16. The molecule has 0 aliphatic rings. The number of carbonyl (C=O) groups excluding carboxylic acids is 4. The lowest BCUT2D eigenvalue weighted by Gasteiger charge is -2.21. The van der Waals surface area contributed by atoms with E-state index in [4.69, 9.17) is 37.0 Å². The molecule has 0 aliphatic heterocycles. The number of rotatable bonds is 74. The number of ether oxygens (including phenoxy) is 4. The molecule has 0 spiro atoms. The molecule has 0 amide bonds. The molecule has 0 saturated carbocycles. The number of aliphatic hydroxyl groups is 1. The number of hydrogen-bond donors (Lipinski definition) is 3. The number of unbranched alkanes of at least 4 members (excludes halogenated alkanes) is 44. The number of aliphatic hydroxyl groups excluding tert-OH is 1. The van der Waals surface area contributed by atoms with E-state index in [1.54, 1.807) is 0 Å². The molecule has 0 rings (SSSR count). The van der Waals surface area contributed by atoms with E-state index in [0.717, 1.165) is 102 Å². The molecule has 2 unspecified atom stereocenters. The average Bonchev–Trinajstić information content (AvgIpc) is 2.22. The van der Waals surface area contributed by atoms with Crippen LogP contribution in [0.25, 0.3) is 0 Å². The predicted molar refractivity (Wildman–Crippen MR) is 381 cm³/mol. The Kier molecular flexibility index (Phi) is 65.5. The highest BCUT2D eigenvalue weighted by Gasteiger charge is 2.30. The Bertz CT molecular complexity index is 1820. The van der Waals surface area contributed by atoms with Gasteiger partial charge in [-0.05, 0) is 37.5 Å². The van der Waals surface area contributed by atoms with Crippen LogP contribution in [0.4, 0.5) is 0 Å². The molecule has 0 heterocycles. The largest absolute Gasteiger partial charge is 0.472 e. The molecule has 3 N–H and O–H groups in total. The van der Waals surface area contributed by atoms with Crippen molar-refractivity contribution >= 4 is 39.5 Å². The molecule has 94 heavy (non-hydrogen) atoms. The van der Waals surface area contributed by atoms with Gasteiger partial charge in [0.2, 0.25) is 0 Å². The first-order valence-electron chi connectivity index (χ1n) is 39.0. The monoisotopic (exact) mass is 1380 g/mol. The van der Waals surface area contributed by atoms with E-state index >= 15 is 0 Å². The fourth-order valence-electron chi connectivity index (χ4n) is 11.5. The van der Waals surface area contributed by atoms with Gasteiger partial charge in [-0.2, -0.15) is 0 Å². The van der Waals surface area contributed by atoms with Crippen molar-refractivity contribution < 1.29 is 80.2 Å². The van der Waals surface area contributed by atoms with E-state index < -0.39 is 97.5 Å². The Labute approximate surface area is 575 Å². The van der Waals surface area contributed by atoms with Crippen molar-refractivity contribution in [3.8, 4) is 0 Å². The first kappa shape index (κ1) is 92.1. The average molecular weight is 1380 g/mol. The van der Waals surface area contributed by atoms with E-state index in [9.17, 15) is 43.2 Å². The van der Waals surface area contributed by atoms with E-state index in [1.807, 2.05) is 0 Å². The zero-order chi connectivity index (χ0) is 69.3. The summed E-state index contributed by atoms with van der Waals surface area (Å²) in [5, 5.41) is 10.6. The molecule has 0 bridgehead atoms. The third kappa shape index (κ3) is 68.6. The standard InChI is InChI=1S/C75H146O17P2/c1-7-9-11-13-15-17-19-21-22-23-24-25-26-27-28-29-30-32-34-39-47-53-59-74(79)91-70(63-85-72(77)57-51-45-38-33-31-20-18-16-14-12-10-8-2)65-89-93(81,82)87-61-69(76)62-88-94(83,84)90-66-71(64-86-73(78)58-52-46-42-41-44-50-56-68(5)6)92-75(80)60-54-48-40-36-35-37-43-49-55-67(3)4/h67-71,76H,7-66H2,1-6H3,(H,81,82)(H,83,84)/t69-,70-,71-/m1/s1. The van der Waals surface area contributed by atoms with Crippen LogP contribution >= 0.6 is 15.6 Å². The van der Waals surface area contributed by atoms with Gasteiger partial charge in [0.1, 0.15) is 19.3 Å². The molecule has 0 fully saturated rings. The maximum absolute atomic E-state index is 13.1. The normalized spacial score (nSPS) is 14.0. The molecular formula is C75H146O17P2. The van der Waals surface area contributed by atoms with E-state index in [-0.39, 0.29) is 25.7 Å². The van der Waals surface area contributed by atoms with Crippen LogP contribution in [0.2, 0.25) is 0 Å². The molecule has 0 aromatic rings. The topological polar surface area (TPSA) is 237 Å². The minimum atomic E-state index is -4.95. The summed E-state index contributed by atoms with van der Waals surface area (Å²) in [7, 11) is -9.91. The van der Waals surface area contributed by atoms with Crippen LogP contribution in [-0.4, -0.2) is 96.7 Å². The molecule has 0 aliphatic carbocycles. The summed E-state index contributed by atoms with van der Waals surface area (Å²) in [5.41, 5.74) is 0. The van der Waals surface area contributed by atoms with Crippen LogP contribution in [0.5, 0.6) is 0 Å². The molecular weight excluding hydrogens is 1230 g/mol. The van der Waals surface area contributed by atoms with Crippen LogP contribution < -0.4 is 0 Å². The molecule has 0 aromatic carbocycles. The van der Waals surface area contributed by atoms with E-state index in [0.29, 0.717) is 31.6 Å². The summed E-state index contributed by atoms with van der Waals surface area (Å²) in [6.45, 7) is 9.45. The zero-order valence-electron chi connectivity index (χ0n) is 61.3. The fourth-order valence-corrected chi connectivity index (χ4v) is 13.1. The second-order valence-corrected chi connectivity index (χ2v) is 30.9. The highest BCUT2D eigenvalue weighted by Crippen LogP contribution is 2.45. The van der Waals surface area contributed by atoms with Gasteiger partial charge < -0.3 is 33.8 Å². The fraction of sp³-hybridized carbons (Fsp3) is 0.947. The second-order valence-electron chi connectivity index (χ2n) is 28.0. The van der Waals surface area contributed by atoms with Gasteiger partial charge in [0.15, 0.2) is 12.2 Å². The van der Waals surface area contributed by atoms with Gasteiger partial charge in [0, 0.05) is 25.7 Å². The van der Waals surface area contributed by atoms with E-state index in [1.165, 1.54) is 199 Å². The summed E-state index contributed by atoms with van der Waals surface area (Å²) >= 11 is 0. The Morgan fingerprint density at radius 3 is 0.723 bits per heavy atom. The van der Waals surface area contributed by atoms with Crippen LogP contribution in [-0.2, 0) is 65.4 Å². The highest BCUT2D eigenvalue weighted by molar-refractivity contribution is 7.47. The molecule has 0 aromatic heterocycles. The lowest BCUT2D eigenvalue weighted by Crippen LogP contribution is -2.30. The number of phosphoric ester groups is 2. The molecule has 0 radical (unpaired) electrons. The maximum atomic E-state index is 13.1. The number of hydrogen-bond acceptors (Lipinski definition) is 15. The van der Waals surface area contributed by atoms with Crippen LogP contribution in [0, 0.1) is 11.8 Å². The van der Waals surface area contributed by atoms with Gasteiger partial charge in [-0.1, -0.05) is 337 Å². The lowest BCUT2D eigenvalue weighted by molar-refractivity contribution is -0.161. The number of phosphoric acid groups is 2. The van der Waals surface area contributed by atoms with Crippen molar-refractivity contribution in [1.29, 1.82) is 0 Å². The molecule has 19 heteroatoms. The second kappa shape index (κ2) is 66.9. The third-order valence-electron chi connectivity index (χ3n) is 17.5. The lowest BCUT2D eigenvalue weighted by atomic mass is 10.0. The van der Waals surface area contributed by atoms with E-state index in [2.05, 4.69) is 41.5 Å². The van der Waals surface area contributed by atoms with Gasteiger partial charge in [0.05, 0.1) is 26.4 Å². The summed E-state index contributed by atoms with van der Waals surface area (Å²) in [5.74, 6) is -0.725. The maximum Gasteiger partial charge on any atom is 0.472 e. The van der Waals surface area contributed by atoms with Gasteiger partial charge in [-0.15, -0.1) is 0 Å². The minimum absolute atomic E-state index is 0.104. The third-order valence-corrected chi connectivity index (χ3v) is 19.4. The first-order chi connectivity index (χ1) is 45.4. The number of esters is 4. The summed E-state index contributed by atoms with van der Waals surface area (Å²) in [4.78, 5) is 72.6. The van der Waals surface area contributed by atoms with Crippen molar-refractivity contribution in [2.75, 3.05) is 39.6 Å². The first-order valence-corrected chi connectivity index (χ1v) is 42.0. The van der Waals surface area contributed by atoms with Crippen LogP contribution in [0.3, 0.4) is 0 Å². The zero-order valence-corrected chi connectivity index (χ0v) is 63.1. The molecule has 0 saturated heterocycles. The predicted octanol–water partition coefficient (Wildman–Crippen LogP) is 21.9. The van der Waals surface area contributed by atoms with Crippen molar-refractivity contribution in [3.63, 3.8) is 0 Å². The SMILES string of the molecule is CCCCCCCCCCCCCCCCCCCCCCCCC(=O)O[C@H](COC(=O)CCCCCCCCCCCCCC)COP(=O)(O)OC[C@@H](O)COP(=O)(O)OC[C@@H](COC(=O)CCCCCCCCC(C)C)OC(=O)CCCCCCCCCCC(C)C. The molecule has 558 valence electrons. The van der Waals surface area contributed by atoms with Crippen LogP contribution in [0.15, 0.2) is 0 Å². The Morgan fingerprint density at radius 1 is 0.287 bits per heavy atom. The van der Waals surface area contributed by atoms with Gasteiger partial charge >= 0.3 is 39.5 Å². The van der Waals surface area contributed by atoms with Crippen molar-refractivity contribution in [2.24, 2.45) is 11.8 Å². The Morgan fingerprint density at radius 2 is 0.489 bits per heavy atom. The smallest absolute Gasteiger partial charge is 0.462 e. The molecule has 17 nitrogen and oxygen atoms in total. The summed E-state index contributed by atoms with van der Waals surface area (Å²) < 4.78 is 68.4. The minimum Gasteiger partial charge on any atom is -0.462 e. The highest BCUT2D eigenvalue weighted by atomic mass is 31.2. The van der Waals surface area contributed by atoms with Crippen LogP contribution in [0.1, 0.15) is 388 Å². The van der Waals surface area contributed by atoms with Gasteiger partial charge in [-0.25, -0.2) is 9.13 Å². The summed E-state index contributed by atoms with van der Waals surface area (Å²) in [6, 6.07) is 0.